The molecule has 0 saturated heterocycles. The monoisotopic (exact) mass is 244 g/mol. The average molecular weight is 244 g/mol. The summed E-state index contributed by atoms with van der Waals surface area (Å²) < 4.78 is 5.05. The molecule has 0 unspecified atom stereocenters. The van der Waals surface area contributed by atoms with Crippen LogP contribution in [0.25, 0.3) is 11.3 Å². The maximum atomic E-state index is 5.05. The molecule has 94 valence electrons. The minimum atomic E-state index is 0.594. The smallest absolute Gasteiger partial charge is 0.212 e. The molecule has 0 bridgehead atoms. The fraction of sp³-hybridized carbons (Fsp3) is 0.308. The van der Waals surface area contributed by atoms with Gasteiger partial charge in [-0.2, -0.15) is 0 Å². The Labute approximate surface area is 106 Å². The number of aryl methyl sites for hydroxylation is 1. The van der Waals surface area contributed by atoms with Crippen molar-refractivity contribution in [3.05, 3.63) is 29.7 Å². The summed E-state index contributed by atoms with van der Waals surface area (Å²) in [6.45, 7) is 3.87. The molecular formula is C13H16N4O. The quantitative estimate of drug-likeness (QED) is 0.897. The number of methoxy groups -OCH3 is 1. The van der Waals surface area contributed by atoms with E-state index in [0.29, 0.717) is 5.88 Å². The van der Waals surface area contributed by atoms with Gasteiger partial charge in [-0.15, -0.1) is 0 Å². The van der Waals surface area contributed by atoms with Crippen LogP contribution in [0.4, 0.5) is 5.82 Å². The van der Waals surface area contributed by atoms with Gasteiger partial charge in [-0.05, 0) is 19.9 Å². The van der Waals surface area contributed by atoms with E-state index in [2.05, 4.69) is 20.3 Å². The fourth-order valence-corrected chi connectivity index (χ4v) is 1.79. The molecule has 2 heterocycles. The summed E-state index contributed by atoms with van der Waals surface area (Å²) in [5.74, 6) is 2.17. The highest BCUT2D eigenvalue weighted by atomic mass is 16.5. The number of ether oxygens (including phenoxy) is 1. The molecule has 0 aliphatic heterocycles. The van der Waals surface area contributed by atoms with Crippen LogP contribution in [0.3, 0.4) is 0 Å². The first kappa shape index (κ1) is 12.3. The van der Waals surface area contributed by atoms with Crippen LogP contribution in [0, 0.1) is 13.8 Å². The van der Waals surface area contributed by atoms with Gasteiger partial charge in [0.15, 0.2) is 0 Å². The van der Waals surface area contributed by atoms with E-state index >= 15 is 0 Å². The Morgan fingerprint density at radius 3 is 2.50 bits per heavy atom. The molecule has 2 rings (SSSR count). The zero-order chi connectivity index (χ0) is 13.1. The summed E-state index contributed by atoms with van der Waals surface area (Å²) in [4.78, 5) is 13.0. The molecule has 0 aliphatic carbocycles. The van der Waals surface area contributed by atoms with Gasteiger partial charge in [0.05, 0.1) is 12.8 Å². The second-order valence-corrected chi connectivity index (χ2v) is 3.93. The van der Waals surface area contributed by atoms with E-state index in [1.54, 1.807) is 13.3 Å². The Morgan fingerprint density at radius 1 is 1.17 bits per heavy atom. The zero-order valence-corrected chi connectivity index (χ0v) is 11.0. The normalized spacial score (nSPS) is 10.2. The van der Waals surface area contributed by atoms with Crippen LogP contribution in [0.2, 0.25) is 0 Å². The van der Waals surface area contributed by atoms with Crippen LogP contribution in [0.15, 0.2) is 18.3 Å². The third-order valence-corrected chi connectivity index (χ3v) is 2.71. The molecule has 5 nitrogen and oxygen atoms in total. The van der Waals surface area contributed by atoms with Crippen LogP contribution in [0.5, 0.6) is 5.88 Å². The van der Waals surface area contributed by atoms with Crippen molar-refractivity contribution < 1.29 is 4.74 Å². The van der Waals surface area contributed by atoms with Crippen molar-refractivity contribution in [2.45, 2.75) is 13.8 Å². The highest BCUT2D eigenvalue weighted by Gasteiger charge is 2.10. The minimum absolute atomic E-state index is 0.594. The van der Waals surface area contributed by atoms with Gasteiger partial charge in [-0.1, -0.05) is 0 Å². The molecule has 0 aliphatic rings. The third-order valence-electron chi connectivity index (χ3n) is 2.71. The Kier molecular flexibility index (Phi) is 3.41. The summed E-state index contributed by atoms with van der Waals surface area (Å²) in [5, 5.41) is 3.07. The number of hydrogen-bond donors (Lipinski definition) is 1. The van der Waals surface area contributed by atoms with Crippen molar-refractivity contribution in [1.82, 2.24) is 15.0 Å². The number of nitrogens with one attached hydrogen (secondary N) is 1. The number of aromatic nitrogens is 3. The topological polar surface area (TPSA) is 59.9 Å². The molecule has 0 radical (unpaired) electrons. The van der Waals surface area contributed by atoms with E-state index < -0.39 is 0 Å². The molecule has 0 aromatic carbocycles. The van der Waals surface area contributed by atoms with Crippen LogP contribution in [-0.2, 0) is 0 Å². The van der Waals surface area contributed by atoms with E-state index in [-0.39, 0.29) is 0 Å². The van der Waals surface area contributed by atoms with E-state index in [4.69, 9.17) is 4.74 Å². The lowest BCUT2D eigenvalue weighted by atomic mass is 10.1. The molecule has 0 atom stereocenters. The largest absolute Gasteiger partial charge is 0.481 e. The van der Waals surface area contributed by atoms with Gasteiger partial charge in [0.2, 0.25) is 5.88 Å². The van der Waals surface area contributed by atoms with Gasteiger partial charge in [0, 0.05) is 30.4 Å². The van der Waals surface area contributed by atoms with Crippen molar-refractivity contribution >= 4 is 5.82 Å². The lowest BCUT2D eigenvalue weighted by Gasteiger charge is -2.10. The number of hydrogen-bond acceptors (Lipinski definition) is 5. The Bertz CT molecular complexity index is 552. The Hall–Kier alpha value is -2.17. The van der Waals surface area contributed by atoms with Gasteiger partial charge in [-0.3, -0.25) is 0 Å². The first-order valence-electron chi connectivity index (χ1n) is 5.69. The second-order valence-electron chi connectivity index (χ2n) is 3.93. The molecule has 18 heavy (non-hydrogen) atoms. The molecule has 0 amide bonds. The zero-order valence-electron chi connectivity index (χ0n) is 11.0. The van der Waals surface area contributed by atoms with Gasteiger partial charge in [0.1, 0.15) is 11.6 Å². The van der Waals surface area contributed by atoms with Crippen molar-refractivity contribution in [2.24, 2.45) is 0 Å². The van der Waals surface area contributed by atoms with E-state index in [0.717, 1.165) is 28.5 Å². The molecule has 5 heteroatoms. The van der Waals surface area contributed by atoms with Crippen LogP contribution in [0.1, 0.15) is 11.4 Å². The minimum Gasteiger partial charge on any atom is -0.481 e. The number of pyridine rings is 1. The molecule has 0 spiro atoms. The number of anilines is 1. The molecule has 2 aromatic heterocycles. The number of rotatable bonds is 3. The van der Waals surface area contributed by atoms with Gasteiger partial charge in [0.25, 0.3) is 0 Å². The maximum Gasteiger partial charge on any atom is 0.212 e. The predicted octanol–water partition coefficient (Wildman–Crippen LogP) is 2.21. The molecule has 0 fully saturated rings. The molecule has 1 N–H and O–H groups in total. The summed E-state index contributed by atoms with van der Waals surface area (Å²) in [6.07, 6.45) is 1.76. The fourth-order valence-electron chi connectivity index (χ4n) is 1.79. The standard InChI is InChI=1S/C13H16N4O/c1-8-12(16-9(2)17-13(8)14-3)10-5-6-11(18-4)15-7-10/h5-7H,1-4H3,(H,14,16,17). The molecular weight excluding hydrogens is 228 g/mol. The van der Waals surface area contributed by atoms with Crippen LogP contribution >= 0.6 is 0 Å². The lowest BCUT2D eigenvalue weighted by molar-refractivity contribution is 0.398. The van der Waals surface area contributed by atoms with Crippen molar-refractivity contribution in [3.63, 3.8) is 0 Å². The lowest BCUT2D eigenvalue weighted by Crippen LogP contribution is -2.02. The van der Waals surface area contributed by atoms with Gasteiger partial charge < -0.3 is 10.1 Å². The van der Waals surface area contributed by atoms with Crippen LogP contribution in [-0.4, -0.2) is 29.1 Å². The van der Waals surface area contributed by atoms with E-state index in [1.165, 1.54) is 0 Å². The number of nitrogens with zero attached hydrogens (tertiary/aromatic N) is 3. The second kappa shape index (κ2) is 5.00. The van der Waals surface area contributed by atoms with Gasteiger partial charge in [-0.25, -0.2) is 15.0 Å². The first-order chi connectivity index (χ1) is 8.65. The Balaban J connectivity index is 2.52. The SMILES string of the molecule is CNc1nc(C)nc(-c2ccc(OC)nc2)c1C. The third kappa shape index (κ3) is 2.25. The highest BCUT2D eigenvalue weighted by molar-refractivity contribution is 5.67. The summed E-state index contributed by atoms with van der Waals surface area (Å²) in [7, 11) is 3.45. The van der Waals surface area contributed by atoms with Gasteiger partial charge >= 0.3 is 0 Å². The predicted molar refractivity (Wildman–Crippen MR) is 70.8 cm³/mol. The maximum absolute atomic E-state index is 5.05. The van der Waals surface area contributed by atoms with Crippen molar-refractivity contribution in [3.8, 4) is 17.1 Å². The van der Waals surface area contributed by atoms with Crippen molar-refractivity contribution in [2.75, 3.05) is 19.5 Å². The summed E-state index contributed by atoms with van der Waals surface area (Å²) in [6, 6.07) is 3.77. The average Bonchev–Trinajstić information content (AvgIpc) is 2.41. The molecule has 2 aromatic rings. The first-order valence-corrected chi connectivity index (χ1v) is 5.69. The highest BCUT2D eigenvalue weighted by Crippen LogP contribution is 2.25. The van der Waals surface area contributed by atoms with Crippen molar-refractivity contribution in [1.29, 1.82) is 0 Å². The summed E-state index contributed by atoms with van der Waals surface area (Å²) in [5.41, 5.74) is 2.85. The van der Waals surface area contributed by atoms with Crippen LogP contribution < -0.4 is 10.1 Å². The van der Waals surface area contributed by atoms with E-state index in [9.17, 15) is 0 Å². The van der Waals surface area contributed by atoms with E-state index in [1.807, 2.05) is 33.0 Å². The summed E-state index contributed by atoms with van der Waals surface area (Å²) >= 11 is 0. The Morgan fingerprint density at radius 2 is 1.94 bits per heavy atom. The molecule has 0 saturated carbocycles.